The van der Waals surface area contributed by atoms with Crippen molar-refractivity contribution in [1.82, 2.24) is 4.98 Å². The molecule has 1 fully saturated rings. The number of nitrogens with one attached hydrogen (secondary N) is 1. The van der Waals surface area contributed by atoms with Crippen molar-refractivity contribution in [3.8, 4) is 0 Å². The number of rotatable bonds is 4. The predicted octanol–water partition coefficient (Wildman–Crippen LogP) is 3.51. The van der Waals surface area contributed by atoms with Crippen LogP contribution in [0, 0.1) is 5.92 Å². The second-order valence-corrected chi connectivity index (χ2v) is 5.07. The molecule has 1 saturated carbocycles. The smallest absolute Gasteiger partial charge is 0.0830 e. The lowest BCUT2D eigenvalue weighted by Gasteiger charge is -2.06. The Balaban J connectivity index is 1.74. The van der Waals surface area contributed by atoms with Gasteiger partial charge in [0.25, 0.3) is 0 Å². The van der Waals surface area contributed by atoms with Gasteiger partial charge in [-0.05, 0) is 29.9 Å². The van der Waals surface area contributed by atoms with E-state index < -0.39 is 0 Å². The minimum Gasteiger partial charge on any atom is -0.384 e. The zero-order chi connectivity index (χ0) is 10.1. The maximum Gasteiger partial charge on any atom is 0.0830 e. The normalized spacial score (nSPS) is 15.7. The highest BCUT2D eigenvalue weighted by Crippen LogP contribution is 2.32. The molecular formula is C12H14N2S. The highest BCUT2D eigenvalue weighted by Gasteiger charge is 2.20. The molecule has 0 unspecified atom stereocenters. The molecule has 0 saturated heterocycles. The van der Waals surface area contributed by atoms with E-state index in [-0.39, 0.29) is 0 Å². The van der Waals surface area contributed by atoms with Gasteiger partial charge in [0.1, 0.15) is 0 Å². The molecule has 15 heavy (non-hydrogen) atoms. The van der Waals surface area contributed by atoms with E-state index in [0.717, 1.165) is 18.0 Å². The maximum absolute atomic E-state index is 4.33. The summed E-state index contributed by atoms with van der Waals surface area (Å²) >= 11 is 1.76. The van der Waals surface area contributed by atoms with E-state index >= 15 is 0 Å². The van der Waals surface area contributed by atoms with Gasteiger partial charge in [0.05, 0.1) is 15.9 Å². The van der Waals surface area contributed by atoms with Gasteiger partial charge in [-0.1, -0.05) is 12.8 Å². The van der Waals surface area contributed by atoms with Crippen molar-refractivity contribution in [2.75, 3.05) is 11.9 Å². The molecule has 0 bridgehead atoms. The Morgan fingerprint density at radius 3 is 3.20 bits per heavy atom. The first-order chi connectivity index (χ1) is 7.43. The lowest BCUT2D eigenvalue weighted by atomic mass is 10.3. The molecule has 1 aliphatic rings. The van der Waals surface area contributed by atoms with E-state index in [4.69, 9.17) is 0 Å². The Morgan fingerprint density at radius 1 is 1.40 bits per heavy atom. The van der Waals surface area contributed by atoms with E-state index in [1.165, 1.54) is 29.6 Å². The van der Waals surface area contributed by atoms with Gasteiger partial charge in [0.2, 0.25) is 0 Å². The van der Waals surface area contributed by atoms with Gasteiger partial charge in [0, 0.05) is 12.7 Å². The minimum atomic E-state index is 0.998. The molecule has 0 amide bonds. The zero-order valence-electron chi connectivity index (χ0n) is 8.57. The molecular weight excluding hydrogens is 204 g/mol. The van der Waals surface area contributed by atoms with Crippen LogP contribution in [0.25, 0.3) is 10.2 Å². The standard InChI is InChI=1S/C12H14N2S/c1-2-9(1)3-6-13-10-4-7-14-11-5-8-15-12(10)11/h4-5,7-9H,1-3,6H2,(H,13,14). The van der Waals surface area contributed by atoms with E-state index in [9.17, 15) is 0 Å². The predicted molar refractivity (Wildman–Crippen MR) is 65.5 cm³/mol. The van der Waals surface area contributed by atoms with Gasteiger partial charge in [-0.2, -0.15) is 0 Å². The van der Waals surface area contributed by atoms with E-state index in [2.05, 4.69) is 27.8 Å². The first-order valence-corrected chi connectivity index (χ1v) is 6.37. The van der Waals surface area contributed by atoms with Crippen LogP contribution >= 0.6 is 11.3 Å². The Labute approximate surface area is 93.3 Å². The molecule has 1 N–H and O–H groups in total. The fourth-order valence-electron chi connectivity index (χ4n) is 1.83. The summed E-state index contributed by atoms with van der Waals surface area (Å²) in [6, 6.07) is 4.15. The average Bonchev–Trinajstić information content (AvgIpc) is 2.95. The summed E-state index contributed by atoms with van der Waals surface area (Å²) in [6.45, 7) is 1.10. The van der Waals surface area contributed by atoms with Crippen molar-refractivity contribution in [2.24, 2.45) is 5.92 Å². The quantitative estimate of drug-likeness (QED) is 0.849. The van der Waals surface area contributed by atoms with Gasteiger partial charge in [-0.25, -0.2) is 0 Å². The van der Waals surface area contributed by atoms with Crippen molar-refractivity contribution < 1.29 is 0 Å². The summed E-state index contributed by atoms with van der Waals surface area (Å²) in [7, 11) is 0. The molecule has 0 aliphatic heterocycles. The van der Waals surface area contributed by atoms with Crippen LogP contribution in [0.5, 0.6) is 0 Å². The van der Waals surface area contributed by atoms with Gasteiger partial charge >= 0.3 is 0 Å². The lowest BCUT2D eigenvalue weighted by molar-refractivity contribution is 0.761. The van der Waals surface area contributed by atoms with Crippen LogP contribution < -0.4 is 5.32 Å². The molecule has 3 rings (SSSR count). The number of hydrogen-bond donors (Lipinski definition) is 1. The molecule has 2 heterocycles. The SMILES string of the molecule is c1cc(NCCC2CC2)c2sccc2n1. The first kappa shape index (κ1) is 9.16. The van der Waals surface area contributed by atoms with Crippen LogP contribution in [-0.4, -0.2) is 11.5 Å². The van der Waals surface area contributed by atoms with Gasteiger partial charge < -0.3 is 5.32 Å². The second kappa shape index (κ2) is 3.81. The molecule has 2 aromatic heterocycles. The number of pyridine rings is 1. The molecule has 2 nitrogen and oxygen atoms in total. The third kappa shape index (κ3) is 1.97. The van der Waals surface area contributed by atoms with Gasteiger partial charge in [-0.3, -0.25) is 4.98 Å². The fourth-order valence-corrected chi connectivity index (χ4v) is 2.67. The molecule has 0 aromatic carbocycles. The number of hydrogen-bond acceptors (Lipinski definition) is 3. The number of fused-ring (bicyclic) bond motifs is 1. The highest BCUT2D eigenvalue weighted by molar-refractivity contribution is 7.17. The minimum absolute atomic E-state index is 0.998. The Kier molecular flexibility index (Phi) is 2.33. The molecule has 1 aliphatic carbocycles. The fraction of sp³-hybridized carbons (Fsp3) is 0.417. The van der Waals surface area contributed by atoms with Crippen LogP contribution in [-0.2, 0) is 0 Å². The van der Waals surface area contributed by atoms with Crippen LogP contribution in [0.2, 0.25) is 0 Å². The van der Waals surface area contributed by atoms with Crippen molar-refractivity contribution in [2.45, 2.75) is 19.3 Å². The van der Waals surface area contributed by atoms with Gasteiger partial charge in [0.15, 0.2) is 0 Å². The van der Waals surface area contributed by atoms with E-state index in [1.54, 1.807) is 11.3 Å². The Bertz CT molecular complexity index is 459. The van der Waals surface area contributed by atoms with Crippen LogP contribution in [0.1, 0.15) is 19.3 Å². The number of thiophene rings is 1. The van der Waals surface area contributed by atoms with Gasteiger partial charge in [-0.15, -0.1) is 11.3 Å². The molecule has 0 spiro atoms. The molecule has 0 radical (unpaired) electrons. The number of nitrogens with zero attached hydrogens (tertiary/aromatic N) is 1. The van der Waals surface area contributed by atoms with E-state index in [0.29, 0.717) is 0 Å². The zero-order valence-corrected chi connectivity index (χ0v) is 9.39. The molecule has 0 atom stereocenters. The summed E-state index contributed by atoms with van der Waals surface area (Å²) < 4.78 is 1.29. The van der Waals surface area contributed by atoms with Crippen LogP contribution in [0.15, 0.2) is 23.7 Å². The first-order valence-electron chi connectivity index (χ1n) is 5.49. The second-order valence-electron chi connectivity index (χ2n) is 4.15. The number of aromatic nitrogens is 1. The van der Waals surface area contributed by atoms with Crippen molar-refractivity contribution in [3.05, 3.63) is 23.7 Å². The summed E-state index contributed by atoms with van der Waals surface area (Å²) in [4.78, 5) is 4.33. The summed E-state index contributed by atoms with van der Waals surface area (Å²) in [5, 5.41) is 5.62. The summed E-state index contributed by atoms with van der Waals surface area (Å²) in [6.07, 6.45) is 6.07. The van der Waals surface area contributed by atoms with Crippen molar-refractivity contribution in [1.29, 1.82) is 0 Å². The monoisotopic (exact) mass is 218 g/mol. The van der Waals surface area contributed by atoms with Crippen molar-refractivity contribution in [3.63, 3.8) is 0 Å². The highest BCUT2D eigenvalue weighted by atomic mass is 32.1. The Hall–Kier alpha value is -1.09. The third-order valence-corrected chi connectivity index (χ3v) is 3.85. The Morgan fingerprint density at radius 2 is 2.33 bits per heavy atom. The average molecular weight is 218 g/mol. The van der Waals surface area contributed by atoms with Crippen molar-refractivity contribution >= 4 is 27.2 Å². The van der Waals surface area contributed by atoms with Crippen LogP contribution in [0.4, 0.5) is 5.69 Å². The van der Waals surface area contributed by atoms with E-state index in [1.807, 2.05) is 6.20 Å². The number of anilines is 1. The molecule has 2 aromatic rings. The summed E-state index contributed by atoms with van der Waals surface area (Å²) in [5.74, 6) is 0.998. The largest absolute Gasteiger partial charge is 0.384 e. The third-order valence-electron chi connectivity index (χ3n) is 2.91. The topological polar surface area (TPSA) is 24.9 Å². The maximum atomic E-state index is 4.33. The lowest BCUT2D eigenvalue weighted by Crippen LogP contribution is -2.02. The van der Waals surface area contributed by atoms with Crippen LogP contribution in [0.3, 0.4) is 0 Å². The summed E-state index contributed by atoms with van der Waals surface area (Å²) in [5.41, 5.74) is 2.35. The molecule has 78 valence electrons. The molecule has 3 heteroatoms.